The molecule has 100 valence electrons. The Bertz CT molecular complexity index is 256. The van der Waals surface area contributed by atoms with Gasteiger partial charge in [-0.2, -0.15) is 0 Å². The van der Waals surface area contributed by atoms with E-state index < -0.39 is 5.97 Å². The Hall–Kier alpha value is -0.610. The van der Waals surface area contributed by atoms with Crippen LogP contribution < -0.4 is 0 Å². The van der Waals surface area contributed by atoms with Crippen LogP contribution in [0.3, 0.4) is 0 Å². The van der Waals surface area contributed by atoms with Crippen molar-refractivity contribution in [3.05, 3.63) is 0 Å². The molecular weight excluding hydrogens is 216 g/mol. The Morgan fingerprint density at radius 3 is 2.53 bits per heavy atom. The number of unbranched alkanes of at least 4 members (excludes halogenated alkanes) is 1. The topological polar surface area (TPSA) is 43.8 Å². The van der Waals surface area contributed by atoms with Gasteiger partial charge in [0.1, 0.15) is 6.04 Å². The van der Waals surface area contributed by atoms with Crippen LogP contribution in [0.25, 0.3) is 0 Å². The van der Waals surface area contributed by atoms with Crippen molar-refractivity contribution < 1.29 is 9.90 Å². The SMILES string of the molecule is CCCCC(C(=O)O)N1CC(C)C(N(C)C)C1. The van der Waals surface area contributed by atoms with E-state index in [1.54, 1.807) is 0 Å². The highest BCUT2D eigenvalue weighted by Crippen LogP contribution is 2.24. The van der Waals surface area contributed by atoms with Gasteiger partial charge in [-0.05, 0) is 26.4 Å². The molecule has 1 aliphatic rings. The lowest BCUT2D eigenvalue weighted by molar-refractivity contribution is -0.143. The minimum atomic E-state index is -0.662. The third-order valence-electron chi connectivity index (χ3n) is 3.82. The number of carbonyl (C=O) groups is 1. The van der Waals surface area contributed by atoms with E-state index in [0.29, 0.717) is 12.0 Å². The summed E-state index contributed by atoms with van der Waals surface area (Å²) >= 11 is 0. The molecule has 4 nitrogen and oxygen atoms in total. The minimum Gasteiger partial charge on any atom is -0.480 e. The summed E-state index contributed by atoms with van der Waals surface area (Å²) in [7, 11) is 4.15. The molecule has 0 aliphatic carbocycles. The van der Waals surface area contributed by atoms with E-state index in [1.807, 2.05) is 0 Å². The van der Waals surface area contributed by atoms with E-state index in [-0.39, 0.29) is 6.04 Å². The summed E-state index contributed by atoms with van der Waals surface area (Å²) < 4.78 is 0. The standard InChI is InChI=1S/C13H26N2O2/c1-5-6-7-11(13(16)17)15-8-10(2)12(9-15)14(3)4/h10-12H,5-9H2,1-4H3,(H,16,17). The molecule has 17 heavy (non-hydrogen) atoms. The first-order valence-electron chi connectivity index (χ1n) is 6.60. The second-order valence-corrected chi connectivity index (χ2v) is 5.46. The summed E-state index contributed by atoms with van der Waals surface area (Å²) in [6, 6.07) is 0.195. The second kappa shape index (κ2) is 6.36. The highest BCUT2D eigenvalue weighted by Gasteiger charge is 2.36. The molecule has 1 heterocycles. The minimum absolute atomic E-state index is 0.289. The van der Waals surface area contributed by atoms with Crippen LogP contribution in [-0.2, 0) is 4.79 Å². The van der Waals surface area contributed by atoms with Crippen molar-refractivity contribution in [3.8, 4) is 0 Å². The summed E-state index contributed by atoms with van der Waals surface area (Å²) in [4.78, 5) is 15.7. The van der Waals surface area contributed by atoms with E-state index >= 15 is 0 Å². The molecular formula is C13H26N2O2. The largest absolute Gasteiger partial charge is 0.480 e. The number of hydrogen-bond donors (Lipinski definition) is 1. The summed E-state index contributed by atoms with van der Waals surface area (Å²) in [6.45, 7) is 6.11. The lowest BCUT2D eigenvalue weighted by Gasteiger charge is -2.25. The van der Waals surface area contributed by atoms with Gasteiger partial charge >= 0.3 is 5.97 Å². The quantitative estimate of drug-likeness (QED) is 0.767. The van der Waals surface area contributed by atoms with Crippen LogP contribution in [0, 0.1) is 5.92 Å². The summed E-state index contributed by atoms with van der Waals surface area (Å²) in [5.74, 6) is -0.112. The van der Waals surface area contributed by atoms with Crippen LogP contribution in [0.1, 0.15) is 33.1 Å². The lowest BCUT2D eigenvalue weighted by atomic mass is 10.1. The van der Waals surface area contributed by atoms with Crippen LogP contribution >= 0.6 is 0 Å². The monoisotopic (exact) mass is 242 g/mol. The number of rotatable bonds is 6. The van der Waals surface area contributed by atoms with Gasteiger partial charge in [0.05, 0.1) is 0 Å². The van der Waals surface area contributed by atoms with Crippen LogP contribution in [0.15, 0.2) is 0 Å². The molecule has 1 aliphatic heterocycles. The summed E-state index contributed by atoms with van der Waals surface area (Å²) in [5, 5.41) is 9.32. The van der Waals surface area contributed by atoms with Gasteiger partial charge in [0.25, 0.3) is 0 Å². The van der Waals surface area contributed by atoms with E-state index in [2.05, 4.69) is 37.7 Å². The van der Waals surface area contributed by atoms with Gasteiger partial charge in [-0.3, -0.25) is 9.69 Å². The molecule has 1 saturated heterocycles. The molecule has 0 amide bonds. The molecule has 3 atom stereocenters. The molecule has 3 unspecified atom stereocenters. The Labute approximate surface area is 105 Å². The van der Waals surface area contributed by atoms with E-state index in [4.69, 9.17) is 0 Å². The van der Waals surface area contributed by atoms with Crippen LogP contribution in [0.4, 0.5) is 0 Å². The molecule has 1 fully saturated rings. The predicted molar refractivity (Wildman–Crippen MR) is 69.2 cm³/mol. The number of carboxylic acid groups (broad SMARTS) is 1. The van der Waals surface area contributed by atoms with Crippen molar-refractivity contribution >= 4 is 5.97 Å². The molecule has 4 heteroatoms. The smallest absolute Gasteiger partial charge is 0.320 e. The van der Waals surface area contributed by atoms with Gasteiger partial charge in [-0.1, -0.05) is 26.7 Å². The number of likely N-dealkylation sites (tertiary alicyclic amines) is 1. The van der Waals surface area contributed by atoms with Crippen molar-refractivity contribution in [1.29, 1.82) is 0 Å². The van der Waals surface area contributed by atoms with Gasteiger partial charge in [0.15, 0.2) is 0 Å². The first-order chi connectivity index (χ1) is 7.97. The lowest BCUT2D eigenvalue weighted by Crippen LogP contribution is -2.41. The fraction of sp³-hybridized carbons (Fsp3) is 0.923. The van der Waals surface area contributed by atoms with Crippen molar-refractivity contribution in [1.82, 2.24) is 9.80 Å². The third kappa shape index (κ3) is 3.68. The molecule has 0 aromatic carbocycles. The maximum absolute atomic E-state index is 11.3. The number of nitrogens with zero attached hydrogens (tertiary/aromatic N) is 2. The van der Waals surface area contributed by atoms with Gasteiger partial charge in [-0.25, -0.2) is 0 Å². The zero-order valence-corrected chi connectivity index (χ0v) is 11.5. The average Bonchev–Trinajstić information content (AvgIpc) is 2.60. The van der Waals surface area contributed by atoms with Gasteiger partial charge < -0.3 is 10.0 Å². The van der Waals surface area contributed by atoms with Crippen molar-refractivity contribution in [2.75, 3.05) is 27.2 Å². The predicted octanol–water partition coefficient (Wildman–Crippen LogP) is 1.51. The average molecular weight is 242 g/mol. The molecule has 0 radical (unpaired) electrons. The maximum atomic E-state index is 11.3. The number of hydrogen-bond acceptors (Lipinski definition) is 3. The molecule has 0 aromatic rings. The third-order valence-corrected chi connectivity index (χ3v) is 3.82. The fourth-order valence-electron chi connectivity index (χ4n) is 2.77. The second-order valence-electron chi connectivity index (χ2n) is 5.46. The Morgan fingerprint density at radius 1 is 1.47 bits per heavy atom. The maximum Gasteiger partial charge on any atom is 0.320 e. The van der Waals surface area contributed by atoms with E-state index in [0.717, 1.165) is 32.4 Å². The zero-order valence-electron chi connectivity index (χ0n) is 11.5. The Kier molecular flexibility index (Phi) is 5.40. The normalized spacial score (nSPS) is 27.6. The zero-order chi connectivity index (χ0) is 13.0. The van der Waals surface area contributed by atoms with E-state index in [9.17, 15) is 9.90 Å². The first-order valence-corrected chi connectivity index (χ1v) is 6.60. The van der Waals surface area contributed by atoms with Crippen molar-refractivity contribution in [2.45, 2.75) is 45.2 Å². The molecule has 0 bridgehead atoms. The van der Waals surface area contributed by atoms with Crippen LogP contribution in [0.2, 0.25) is 0 Å². The van der Waals surface area contributed by atoms with Crippen LogP contribution in [0.5, 0.6) is 0 Å². The van der Waals surface area contributed by atoms with Gasteiger partial charge in [0.2, 0.25) is 0 Å². The number of aliphatic carboxylic acids is 1. The highest BCUT2D eigenvalue weighted by molar-refractivity contribution is 5.73. The molecule has 0 saturated carbocycles. The van der Waals surface area contributed by atoms with Gasteiger partial charge in [-0.15, -0.1) is 0 Å². The van der Waals surface area contributed by atoms with Gasteiger partial charge in [0, 0.05) is 19.1 Å². The number of likely N-dealkylation sites (N-methyl/N-ethyl adjacent to an activating group) is 1. The first kappa shape index (κ1) is 14.5. The summed E-state index contributed by atoms with van der Waals surface area (Å²) in [6.07, 6.45) is 2.83. The highest BCUT2D eigenvalue weighted by atomic mass is 16.4. The summed E-state index contributed by atoms with van der Waals surface area (Å²) in [5.41, 5.74) is 0. The Balaban J connectivity index is 2.61. The van der Waals surface area contributed by atoms with E-state index in [1.165, 1.54) is 0 Å². The molecule has 0 spiro atoms. The molecule has 0 aromatic heterocycles. The van der Waals surface area contributed by atoms with Crippen LogP contribution in [-0.4, -0.2) is 60.1 Å². The molecule has 1 rings (SSSR count). The molecule has 1 N–H and O–H groups in total. The fourth-order valence-corrected chi connectivity index (χ4v) is 2.77. The number of carboxylic acids is 1. The van der Waals surface area contributed by atoms with Crippen molar-refractivity contribution in [2.24, 2.45) is 5.92 Å². The van der Waals surface area contributed by atoms with Crippen molar-refractivity contribution in [3.63, 3.8) is 0 Å². The Morgan fingerprint density at radius 2 is 2.12 bits per heavy atom.